The van der Waals surface area contributed by atoms with Crippen LogP contribution in [-0.4, -0.2) is 15.9 Å². The molecule has 0 bridgehead atoms. The number of fused-ring (bicyclic) bond motifs is 1. The van der Waals surface area contributed by atoms with Gasteiger partial charge in [0.1, 0.15) is 5.52 Å². The Balaban J connectivity index is 1.92. The van der Waals surface area contributed by atoms with Crippen molar-refractivity contribution in [3.8, 4) is 0 Å². The summed E-state index contributed by atoms with van der Waals surface area (Å²) >= 11 is 0. The summed E-state index contributed by atoms with van der Waals surface area (Å²) in [5, 5.41) is 15.5. The van der Waals surface area contributed by atoms with Gasteiger partial charge in [0.2, 0.25) is 0 Å². The normalized spacial score (nSPS) is 22.1. The number of benzene rings is 1. The lowest BCUT2D eigenvalue weighted by Crippen LogP contribution is -2.25. The van der Waals surface area contributed by atoms with Gasteiger partial charge in [0, 0.05) is 29.4 Å². The predicted molar refractivity (Wildman–Crippen MR) is 83.4 cm³/mol. The summed E-state index contributed by atoms with van der Waals surface area (Å²) in [6.45, 7) is 2.29. The molecule has 1 fully saturated rings. The number of nitrogens with one attached hydrogen (secondary N) is 1. The summed E-state index contributed by atoms with van der Waals surface area (Å²) in [5.74, 6) is 0.804. The zero-order valence-electron chi connectivity index (χ0n) is 12.1. The molecule has 5 nitrogen and oxygen atoms in total. The zero-order valence-corrected chi connectivity index (χ0v) is 12.1. The van der Waals surface area contributed by atoms with Gasteiger partial charge in [0.05, 0.1) is 4.92 Å². The quantitative estimate of drug-likeness (QED) is 0.680. The van der Waals surface area contributed by atoms with E-state index in [9.17, 15) is 10.1 Å². The van der Waals surface area contributed by atoms with Crippen molar-refractivity contribution in [3.05, 3.63) is 40.6 Å². The van der Waals surface area contributed by atoms with Crippen LogP contribution < -0.4 is 5.32 Å². The summed E-state index contributed by atoms with van der Waals surface area (Å²) in [4.78, 5) is 14.9. The summed E-state index contributed by atoms with van der Waals surface area (Å²) in [5.41, 5.74) is 1.47. The van der Waals surface area contributed by atoms with Gasteiger partial charge >= 0.3 is 0 Å². The van der Waals surface area contributed by atoms with Crippen LogP contribution in [0.15, 0.2) is 30.5 Å². The van der Waals surface area contributed by atoms with Gasteiger partial charge in [-0.3, -0.25) is 10.1 Å². The molecule has 0 spiro atoms. The first-order chi connectivity index (χ1) is 10.1. The van der Waals surface area contributed by atoms with Crippen LogP contribution in [0.3, 0.4) is 0 Å². The van der Waals surface area contributed by atoms with Crippen molar-refractivity contribution in [2.45, 2.75) is 38.6 Å². The number of nitrogens with zero attached hydrogens (tertiary/aromatic N) is 2. The second-order valence-corrected chi connectivity index (χ2v) is 5.89. The van der Waals surface area contributed by atoms with Gasteiger partial charge in [-0.2, -0.15) is 0 Å². The molecule has 1 aliphatic rings. The highest BCUT2D eigenvalue weighted by atomic mass is 16.6. The second kappa shape index (κ2) is 5.68. The Morgan fingerprint density at radius 3 is 2.71 bits per heavy atom. The van der Waals surface area contributed by atoms with Gasteiger partial charge in [0.15, 0.2) is 0 Å². The van der Waals surface area contributed by atoms with E-state index in [0.29, 0.717) is 11.6 Å². The lowest BCUT2D eigenvalue weighted by molar-refractivity contribution is -0.383. The lowest BCUT2D eigenvalue weighted by atomic mass is 9.87. The molecular formula is C16H19N3O2. The van der Waals surface area contributed by atoms with Crippen molar-refractivity contribution in [2.24, 2.45) is 5.92 Å². The third-order valence-electron chi connectivity index (χ3n) is 4.32. The molecule has 0 unspecified atom stereocenters. The van der Waals surface area contributed by atoms with Crippen molar-refractivity contribution in [1.29, 1.82) is 0 Å². The molecule has 21 heavy (non-hydrogen) atoms. The number of nitro groups is 1. The molecule has 1 aromatic carbocycles. The number of nitro benzene ring substituents is 1. The van der Waals surface area contributed by atoms with Gasteiger partial charge in [-0.1, -0.05) is 19.1 Å². The van der Waals surface area contributed by atoms with Crippen LogP contribution in [0.1, 0.15) is 32.6 Å². The van der Waals surface area contributed by atoms with Crippen LogP contribution in [-0.2, 0) is 0 Å². The summed E-state index contributed by atoms with van der Waals surface area (Å²) in [6.07, 6.45) is 6.42. The Morgan fingerprint density at radius 2 is 2.00 bits per heavy atom. The van der Waals surface area contributed by atoms with Crippen molar-refractivity contribution in [1.82, 2.24) is 4.98 Å². The first kappa shape index (κ1) is 13.8. The van der Waals surface area contributed by atoms with Crippen LogP contribution in [0.4, 0.5) is 11.4 Å². The third kappa shape index (κ3) is 2.82. The molecule has 1 aliphatic carbocycles. The summed E-state index contributed by atoms with van der Waals surface area (Å²) in [7, 11) is 0. The molecule has 5 heteroatoms. The maximum atomic E-state index is 11.1. The Hall–Kier alpha value is -2.17. The number of rotatable bonds is 3. The van der Waals surface area contributed by atoms with Gasteiger partial charge in [-0.05, 0) is 37.7 Å². The fourth-order valence-electron chi connectivity index (χ4n) is 3.06. The Bertz CT molecular complexity index is 664. The highest BCUT2D eigenvalue weighted by molar-refractivity contribution is 5.96. The maximum Gasteiger partial charge on any atom is 0.295 e. The van der Waals surface area contributed by atoms with E-state index in [1.807, 2.05) is 12.1 Å². The van der Waals surface area contributed by atoms with E-state index >= 15 is 0 Å². The summed E-state index contributed by atoms with van der Waals surface area (Å²) < 4.78 is 0. The van der Waals surface area contributed by atoms with Crippen LogP contribution >= 0.6 is 0 Å². The molecule has 110 valence electrons. The number of para-hydroxylation sites is 1. The molecule has 0 aliphatic heterocycles. The van der Waals surface area contributed by atoms with E-state index in [0.717, 1.165) is 29.8 Å². The minimum atomic E-state index is -0.374. The molecule has 1 heterocycles. The number of anilines is 1. The molecule has 0 radical (unpaired) electrons. The van der Waals surface area contributed by atoms with E-state index < -0.39 is 0 Å². The topological polar surface area (TPSA) is 68.1 Å². The third-order valence-corrected chi connectivity index (χ3v) is 4.32. The Labute approximate surface area is 123 Å². The smallest absolute Gasteiger partial charge is 0.295 e. The lowest BCUT2D eigenvalue weighted by Gasteiger charge is -2.28. The van der Waals surface area contributed by atoms with Crippen molar-refractivity contribution in [3.63, 3.8) is 0 Å². The highest BCUT2D eigenvalue weighted by Crippen LogP contribution is 2.31. The first-order valence-electron chi connectivity index (χ1n) is 7.44. The monoisotopic (exact) mass is 285 g/mol. The molecule has 3 rings (SSSR count). The van der Waals surface area contributed by atoms with Crippen molar-refractivity contribution < 1.29 is 4.92 Å². The van der Waals surface area contributed by atoms with E-state index in [4.69, 9.17) is 0 Å². The number of non-ortho nitro benzene ring substituents is 1. The van der Waals surface area contributed by atoms with Crippen LogP contribution in [0.2, 0.25) is 0 Å². The molecule has 1 aromatic heterocycles. The van der Waals surface area contributed by atoms with E-state index in [1.54, 1.807) is 12.3 Å². The molecule has 0 amide bonds. The van der Waals surface area contributed by atoms with Crippen LogP contribution in [0, 0.1) is 16.0 Å². The fraction of sp³-hybridized carbons (Fsp3) is 0.438. The molecular weight excluding hydrogens is 266 g/mol. The minimum Gasteiger partial charge on any atom is -0.382 e. The standard InChI is InChI=1S/C16H19N3O2/c1-11-5-7-12(8-6-11)18-14-9-10-17-16-13(14)3-2-4-15(16)19(20)21/h2-4,9-12H,5-8H2,1H3,(H,17,18). The molecule has 2 aromatic rings. The molecule has 1 saturated carbocycles. The van der Waals surface area contributed by atoms with Crippen molar-refractivity contribution >= 4 is 22.3 Å². The number of hydrogen-bond donors (Lipinski definition) is 1. The first-order valence-corrected chi connectivity index (χ1v) is 7.44. The predicted octanol–water partition coefficient (Wildman–Crippen LogP) is 4.13. The van der Waals surface area contributed by atoms with Gasteiger partial charge in [0.25, 0.3) is 5.69 Å². The van der Waals surface area contributed by atoms with Crippen LogP contribution in [0.25, 0.3) is 10.9 Å². The minimum absolute atomic E-state index is 0.0633. The average Bonchev–Trinajstić information content (AvgIpc) is 2.49. The largest absolute Gasteiger partial charge is 0.382 e. The van der Waals surface area contributed by atoms with Gasteiger partial charge in [-0.15, -0.1) is 0 Å². The number of pyridine rings is 1. The average molecular weight is 285 g/mol. The van der Waals surface area contributed by atoms with E-state index in [2.05, 4.69) is 17.2 Å². The Morgan fingerprint density at radius 1 is 1.24 bits per heavy atom. The molecule has 0 saturated heterocycles. The number of hydrogen-bond acceptors (Lipinski definition) is 4. The van der Waals surface area contributed by atoms with Gasteiger partial charge in [-0.25, -0.2) is 4.98 Å². The molecule has 0 atom stereocenters. The Kier molecular flexibility index (Phi) is 3.73. The van der Waals surface area contributed by atoms with Crippen molar-refractivity contribution in [2.75, 3.05) is 5.32 Å². The fourth-order valence-corrected chi connectivity index (χ4v) is 3.06. The van der Waals surface area contributed by atoms with Gasteiger partial charge < -0.3 is 5.32 Å². The maximum absolute atomic E-state index is 11.1. The SMILES string of the molecule is CC1CCC(Nc2ccnc3c([N+](=O)[O-])cccc23)CC1. The summed E-state index contributed by atoms with van der Waals surface area (Å²) in [6, 6.07) is 7.47. The van der Waals surface area contributed by atoms with E-state index in [1.165, 1.54) is 18.9 Å². The zero-order chi connectivity index (χ0) is 14.8. The number of aromatic nitrogens is 1. The van der Waals surface area contributed by atoms with Crippen LogP contribution in [0.5, 0.6) is 0 Å². The molecule has 1 N–H and O–H groups in total. The second-order valence-electron chi connectivity index (χ2n) is 5.89. The van der Waals surface area contributed by atoms with E-state index in [-0.39, 0.29) is 10.6 Å². The highest BCUT2D eigenvalue weighted by Gasteiger charge is 2.20.